The average molecular weight is 186 g/mol. The van der Waals surface area contributed by atoms with Crippen LogP contribution >= 0.6 is 0 Å². The average Bonchev–Trinajstić information content (AvgIpc) is 2.18. The molecule has 3 heteroatoms. The second kappa shape index (κ2) is 4.21. The van der Waals surface area contributed by atoms with Gasteiger partial charge in [-0.1, -0.05) is 6.08 Å². The topological polar surface area (TPSA) is 18.5 Å². The molecule has 1 aliphatic rings. The number of hydrogen-bond donors (Lipinski definition) is 0. The Balaban J connectivity index is 2.70. The number of ether oxygens (including phenoxy) is 2. The van der Waals surface area contributed by atoms with E-state index in [2.05, 4.69) is 6.08 Å². The van der Waals surface area contributed by atoms with Crippen molar-refractivity contribution in [2.45, 2.75) is 31.1 Å². The Morgan fingerprint density at radius 3 is 2.42 bits per heavy atom. The van der Waals surface area contributed by atoms with Gasteiger partial charge in [-0.2, -0.15) is 0 Å². The SMILES string of the molecule is COC([SiH3])(OC)C1=CCCCC1. The van der Waals surface area contributed by atoms with Gasteiger partial charge in [-0.3, -0.25) is 0 Å². The molecule has 0 saturated heterocycles. The molecule has 0 N–H and O–H groups in total. The molecule has 0 saturated carbocycles. The van der Waals surface area contributed by atoms with Crippen molar-refractivity contribution < 1.29 is 9.47 Å². The molecule has 0 radical (unpaired) electrons. The van der Waals surface area contributed by atoms with Crippen LogP contribution in [0.25, 0.3) is 0 Å². The molecule has 0 aromatic rings. The Morgan fingerprint density at radius 2 is 2.00 bits per heavy atom. The van der Waals surface area contributed by atoms with E-state index in [-0.39, 0.29) is 5.41 Å². The van der Waals surface area contributed by atoms with Crippen LogP contribution in [0, 0.1) is 0 Å². The number of rotatable bonds is 3. The van der Waals surface area contributed by atoms with Gasteiger partial charge in [-0.05, 0) is 31.3 Å². The van der Waals surface area contributed by atoms with E-state index in [1.807, 2.05) is 0 Å². The van der Waals surface area contributed by atoms with Crippen molar-refractivity contribution in [2.24, 2.45) is 0 Å². The summed E-state index contributed by atoms with van der Waals surface area (Å²) in [6.45, 7) is 0. The van der Waals surface area contributed by atoms with Gasteiger partial charge in [0.15, 0.2) is 5.41 Å². The van der Waals surface area contributed by atoms with Crippen molar-refractivity contribution in [3.63, 3.8) is 0 Å². The molecule has 0 aromatic heterocycles. The maximum absolute atomic E-state index is 5.40. The molecule has 0 heterocycles. The minimum Gasteiger partial charge on any atom is -0.354 e. The fraction of sp³-hybridized carbons (Fsp3) is 0.778. The highest BCUT2D eigenvalue weighted by Crippen LogP contribution is 2.27. The van der Waals surface area contributed by atoms with E-state index in [9.17, 15) is 0 Å². The molecule has 70 valence electrons. The summed E-state index contributed by atoms with van der Waals surface area (Å²) in [5.41, 5.74) is 1.01. The summed E-state index contributed by atoms with van der Waals surface area (Å²) in [6.07, 6.45) is 7.21. The third-order valence-corrected chi connectivity index (χ3v) is 4.11. The van der Waals surface area contributed by atoms with Crippen molar-refractivity contribution in [1.82, 2.24) is 0 Å². The van der Waals surface area contributed by atoms with Crippen molar-refractivity contribution in [2.75, 3.05) is 14.2 Å². The fourth-order valence-electron chi connectivity index (χ4n) is 1.60. The molecule has 1 aliphatic carbocycles. The van der Waals surface area contributed by atoms with E-state index >= 15 is 0 Å². The van der Waals surface area contributed by atoms with E-state index in [1.54, 1.807) is 14.2 Å². The van der Waals surface area contributed by atoms with E-state index in [4.69, 9.17) is 9.47 Å². The normalized spacial score (nSPS) is 19.3. The summed E-state index contributed by atoms with van der Waals surface area (Å²) < 4.78 is 10.8. The van der Waals surface area contributed by atoms with Gasteiger partial charge >= 0.3 is 0 Å². The van der Waals surface area contributed by atoms with Gasteiger partial charge in [0.2, 0.25) is 0 Å². The maximum atomic E-state index is 5.40. The first-order valence-corrected chi connectivity index (χ1v) is 5.53. The van der Waals surface area contributed by atoms with E-state index in [1.165, 1.54) is 24.8 Å². The van der Waals surface area contributed by atoms with Crippen molar-refractivity contribution >= 4 is 10.2 Å². The molecule has 0 bridgehead atoms. The van der Waals surface area contributed by atoms with Gasteiger partial charge in [-0.25, -0.2) is 0 Å². The van der Waals surface area contributed by atoms with Crippen LogP contribution < -0.4 is 0 Å². The van der Waals surface area contributed by atoms with Gasteiger partial charge in [0.1, 0.15) is 0 Å². The zero-order chi connectivity index (χ0) is 9.03. The lowest BCUT2D eigenvalue weighted by molar-refractivity contribution is -0.116. The predicted octanol–water partition coefficient (Wildman–Crippen LogP) is 0.799. The highest BCUT2D eigenvalue weighted by Gasteiger charge is 2.27. The number of hydrogen-bond acceptors (Lipinski definition) is 2. The van der Waals surface area contributed by atoms with E-state index in [0.717, 1.165) is 16.7 Å². The zero-order valence-corrected chi connectivity index (χ0v) is 10.2. The summed E-state index contributed by atoms with van der Waals surface area (Å²) in [6, 6.07) is 0. The molecule has 0 amide bonds. The number of allylic oxidation sites excluding steroid dienone is 1. The molecule has 0 spiro atoms. The lowest BCUT2D eigenvalue weighted by Gasteiger charge is -2.31. The van der Waals surface area contributed by atoms with E-state index < -0.39 is 0 Å². The second-order valence-corrected chi connectivity index (χ2v) is 4.65. The predicted molar refractivity (Wildman–Crippen MR) is 53.2 cm³/mol. The van der Waals surface area contributed by atoms with Crippen LogP contribution in [-0.4, -0.2) is 29.9 Å². The molecule has 0 fully saturated rings. The Kier molecular flexibility index (Phi) is 3.49. The molecule has 2 nitrogen and oxygen atoms in total. The molecule has 1 rings (SSSR count). The summed E-state index contributed by atoms with van der Waals surface area (Å²) in [4.78, 5) is 0. The lowest BCUT2D eigenvalue weighted by atomic mass is 9.99. The van der Waals surface area contributed by atoms with Gasteiger partial charge < -0.3 is 9.47 Å². The number of methoxy groups -OCH3 is 2. The third kappa shape index (κ3) is 1.97. The third-order valence-electron chi connectivity index (χ3n) is 2.65. The fourth-order valence-corrected chi connectivity index (χ4v) is 2.05. The van der Waals surface area contributed by atoms with Crippen LogP contribution in [0.2, 0.25) is 0 Å². The summed E-state index contributed by atoms with van der Waals surface area (Å²) in [7, 11) is 4.35. The first-order valence-electron chi connectivity index (χ1n) is 4.53. The molecule has 0 unspecified atom stereocenters. The first-order chi connectivity index (χ1) is 5.73. The highest BCUT2D eigenvalue weighted by molar-refractivity contribution is 6.15. The molecule has 0 aromatic carbocycles. The molecular formula is C9H18O2Si. The van der Waals surface area contributed by atoms with Crippen molar-refractivity contribution in [1.29, 1.82) is 0 Å². The largest absolute Gasteiger partial charge is 0.354 e. The Morgan fingerprint density at radius 1 is 1.33 bits per heavy atom. The smallest absolute Gasteiger partial charge is 0.161 e. The molecule has 12 heavy (non-hydrogen) atoms. The summed E-state index contributed by atoms with van der Waals surface area (Å²) in [5.74, 6) is 0. The monoisotopic (exact) mass is 186 g/mol. The maximum Gasteiger partial charge on any atom is 0.161 e. The van der Waals surface area contributed by atoms with Crippen LogP contribution in [0.3, 0.4) is 0 Å². The van der Waals surface area contributed by atoms with Crippen LogP contribution in [0.4, 0.5) is 0 Å². The summed E-state index contributed by atoms with van der Waals surface area (Å²) >= 11 is 0. The van der Waals surface area contributed by atoms with Crippen LogP contribution in [-0.2, 0) is 9.47 Å². The van der Waals surface area contributed by atoms with Gasteiger partial charge in [-0.15, -0.1) is 0 Å². The lowest BCUT2D eigenvalue weighted by Crippen LogP contribution is -2.37. The van der Waals surface area contributed by atoms with Crippen LogP contribution in [0.1, 0.15) is 25.7 Å². The van der Waals surface area contributed by atoms with E-state index in [0.29, 0.717) is 0 Å². The molecule has 0 atom stereocenters. The minimum atomic E-state index is -0.347. The molecule has 0 aliphatic heterocycles. The van der Waals surface area contributed by atoms with Gasteiger partial charge in [0.25, 0.3) is 0 Å². The zero-order valence-electron chi connectivity index (χ0n) is 8.22. The highest BCUT2D eigenvalue weighted by atomic mass is 28.1. The van der Waals surface area contributed by atoms with Crippen molar-refractivity contribution in [3.05, 3.63) is 11.6 Å². The van der Waals surface area contributed by atoms with Gasteiger partial charge in [0.05, 0.1) is 10.2 Å². The quantitative estimate of drug-likeness (QED) is 0.369. The van der Waals surface area contributed by atoms with Crippen molar-refractivity contribution in [3.8, 4) is 0 Å². The second-order valence-electron chi connectivity index (χ2n) is 3.33. The summed E-state index contributed by atoms with van der Waals surface area (Å²) in [5, 5.41) is 0. The van der Waals surface area contributed by atoms with Crippen LogP contribution in [0.15, 0.2) is 11.6 Å². The minimum absolute atomic E-state index is 0.347. The standard InChI is InChI=1S/C9H18O2Si/c1-10-9(12,11-2)8-6-4-3-5-7-8/h6H,3-5,7H2,1-2,12H3. The Bertz CT molecular complexity index is 173. The molecular weight excluding hydrogens is 168 g/mol. The van der Waals surface area contributed by atoms with Gasteiger partial charge in [0, 0.05) is 14.2 Å². The Labute approximate surface area is 77.4 Å². The first kappa shape index (κ1) is 9.96. The Hall–Kier alpha value is -0.123. The van der Waals surface area contributed by atoms with Crippen LogP contribution in [0.5, 0.6) is 0 Å².